The third-order valence-electron chi connectivity index (χ3n) is 5.06. The van der Waals surface area contributed by atoms with Gasteiger partial charge in [0.15, 0.2) is 0 Å². The van der Waals surface area contributed by atoms with Gasteiger partial charge in [0.2, 0.25) is 0 Å². The van der Waals surface area contributed by atoms with Crippen LogP contribution in [0.1, 0.15) is 18.4 Å². The lowest BCUT2D eigenvalue weighted by Gasteiger charge is -2.19. The van der Waals surface area contributed by atoms with Crippen LogP contribution in [0.25, 0.3) is 10.9 Å². The Kier molecular flexibility index (Phi) is 4.58. The van der Waals surface area contributed by atoms with Gasteiger partial charge < -0.3 is 19.9 Å². The first-order valence-electron chi connectivity index (χ1n) is 9.03. The summed E-state index contributed by atoms with van der Waals surface area (Å²) >= 11 is 0. The molecule has 27 heavy (non-hydrogen) atoms. The topological polar surface area (TPSA) is 55.3 Å². The van der Waals surface area contributed by atoms with E-state index < -0.39 is 5.54 Å². The van der Waals surface area contributed by atoms with Gasteiger partial charge in [-0.05, 0) is 42.5 Å². The number of benzene rings is 2. The summed E-state index contributed by atoms with van der Waals surface area (Å²) in [5.74, 6) is -0.285. The molecule has 4 rings (SSSR count). The Balaban J connectivity index is 1.49. The minimum atomic E-state index is -0.599. The molecule has 0 atom stereocenters. The van der Waals surface area contributed by atoms with Crippen molar-refractivity contribution in [2.75, 3.05) is 19.0 Å². The van der Waals surface area contributed by atoms with Crippen molar-refractivity contribution in [3.8, 4) is 0 Å². The predicted molar refractivity (Wildman–Crippen MR) is 103 cm³/mol. The molecular formula is C21H22FN3O2. The quantitative estimate of drug-likeness (QED) is 0.685. The van der Waals surface area contributed by atoms with Crippen molar-refractivity contribution in [1.82, 2.24) is 9.88 Å². The summed E-state index contributed by atoms with van der Waals surface area (Å²) in [6, 6.07) is 14.1. The monoisotopic (exact) mass is 367 g/mol. The molecule has 140 valence electrons. The fourth-order valence-corrected chi connectivity index (χ4v) is 3.46. The van der Waals surface area contributed by atoms with Crippen LogP contribution in [0.15, 0.2) is 54.7 Å². The zero-order valence-electron chi connectivity index (χ0n) is 15.2. The fourth-order valence-electron chi connectivity index (χ4n) is 3.46. The van der Waals surface area contributed by atoms with Crippen molar-refractivity contribution < 1.29 is 13.9 Å². The standard InChI is InChI=1S/C21H22FN3O2/c1-27-13-12-25-11-8-15-6-7-16(14-19(15)25)23-20(26)24-21(9-10-21)17-4-2-3-5-18(17)22/h2-8,11,14H,9-10,12-13H2,1H3,(H2,23,24,26). The molecule has 0 saturated heterocycles. The van der Waals surface area contributed by atoms with Gasteiger partial charge in [0.1, 0.15) is 5.82 Å². The van der Waals surface area contributed by atoms with Crippen LogP contribution >= 0.6 is 0 Å². The van der Waals surface area contributed by atoms with Crippen molar-refractivity contribution in [3.05, 3.63) is 66.1 Å². The molecule has 2 aromatic carbocycles. The maximum absolute atomic E-state index is 14.1. The number of methoxy groups -OCH3 is 1. The third-order valence-corrected chi connectivity index (χ3v) is 5.06. The second-order valence-electron chi connectivity index (χ2n) is 6.92. The number of ether oxygens (including phenoxy) is 1. The molecule has 0 unspecified atom stereocenters. The molecule has 3 aromatic rings. The van der Waals surface area contributed by atoms with Crippen molar-refractivity contribution in [2.24, 2.45) is 0 Å². The highest BCUT2D eigenvalue weighted by Gasteiger charge is 2.47. The van der Waals surface area contributed by atoms with Crippen molar-refractivity contribution in [3.63, 3.8) is 0 Å². The van der Waals surface area contributed by atoms with E-state index in [1.54, 1.807) is 25.3 Å². The zero-order valence-corrected chi connectivity index (χ0v) is 15.2. The number of rotatable bonds is 6. The fraction of sp³-hybridized carbons (Fsp3) is 0.286. The van der Waals surface area contributed by atoms with Crippen LogP contribution in [0.2, 0.25) is 0 Å². The van der Waals surface area contributed by atoms with E-state index in [2.05, 4.69) is 15.2 Å². The normalized spacial score (nSPS) is 14.9. The van der Waals surface area contributed by atoms with Gasteiger partial charge >= 0.3 is 6.03 Å². The van der Waals surface area contributed by atoms with E-state index in [1.807, 2.05) is 30.5 Å². The second kappa shape index (κ2) is 7.04. The Morgan fingerprint density at radius 3 is 2.78 bits per heavy atom. The summed E-state index contributed by atoms with van der Waals surface area (Å²) in [6.07, 6.45) is 3.48. The number of nitrogens with one attached hydrogen (secondary N) is 2. The maximum atomic E-state index is 14.1. The molecule has 1 aromatic heterocycles. The zero-order chi connectivity index (χ0) is 18.9. The molecule has 2 amide bonds. The lowest BCUT2D eigenvalue weighted by atomic mass is 10.0. The number of anilines is 1. The van der Waals surface area contributed by atoms with E-state index in [-0.39, 0.29) is 11.8 Å². The average Bonchev–Trinajstić information content (AvgIpc) is 3.32. The van der Waals surface area contributed by atoms with Gasteiger partial charge in [-0.3, -0.25) is 0 Å². The Morgan fingerprint density at radius 2 is 2.04 bits per heavy atom. The first-order valence-corrected chi connectivity index (χ1v) is 9.03. The summed E-state index contributed by atoms with van der Waals surface area (Å²) < 4.78 is 21.3. The molecule has 0 spiro atoms. The minimum Gasteiger partial charge on any atom is -0.383 e. The van der Waals surface area contributed by atoms with Gasteiger partial charge in [0.25, 0.3) is 0 Å². The molecular weight excluding hydrogens is 345 g/mol. The maximum Gasteiger partial charge on any atom is 0.319 e. The Hall–Kier alpha value is -2.86. The highest BCUT2D eigenvalue weighted by atomic mass is 19.1. The molecule has 1 heterocycles. The van der Waals surface area contributed by atoms with Crippen LogP contribution in [0, 0.1) is 5.82 Å². The van der Waals surface area contributed by atoms with Crippen LogP contribution < -0.4 is 10.6 Å². The van der Waals surface area contributed by atoms with E-state index in [0.717, 1.165) is 30.3 Å². The number of halogens is 1. The lowest BCUT2D eigenvalue weighted by molar-refractivity contribution is 0.188. The number of hydrogen-bond acceptors (Lipinski definition) is 2. The minimum absolute atomic E-state index is 0.285. The van der Waals surface area contributed by atoms with Crippen molar-refractivity contribution >= 4 is 22.6 Å². The van der Waals surface area contributed by atoms with Crippen molar-refractivity contribution in [2.45, 2.75) is 24.9 Å². The van der Waals surface area contributed by atoms with Crippen LogP contribution in [-0.2, 0) is 16.8 Å². The SMILES string of the molecule is COCCn1ccc2ccc(NC(=O)NC3(c4ccccc4F)CC3)cc21. The average molecular weight is 367 g/mol. The van der Waals surface area contributed by atoms with Gasteiger partial charge in [-0.1, -0.05) is 24.3 Å². The molecule has 1 fully saturated rings. The molecule has 1 aliphatic rings. The van der Waals surface area contributed by atoms with Crippen molar-refractivity contribution in [1.29, 1.82) is 0 Å². The first-order chi connectivity index (χ1) is 13.1. The van der Waals surface area contributed by atoms with Gasteiger partial charge in [-0.2, -0.15) is 0 Å². The number of hydrogen-bond donors (Lipinski definition) is 2. The highest BCUT2D eigenvalue weighted by Crippen LogP contribution is 2.46. The summed E-state index contributed by atoms with van der Waals surface area (Å²) in [5, 5.41) is 6.92. The Morgan fingerprint density at radius 1 is 1.22 bits per heavy atom. The van der Waals surface area contributed by atoms with E-state index >= 15 is 0 Å². The summed E-state index contributed by atoms with van der Waals surface area (Å²) in [4.78, 5) is 12.5. The molecule has 1 saturated carbocycles. The van der Waals surface area contributed by atoms with E-state index in [0.29, 0.717) is 17.9 Å². The number of carbonyl (C=O) groups is 1. The number of amides is 2. The smallest absolute Gasteiger partial charge is 0.319 e. The van der Waals surface area contributed by atoms with Gasteiger partial charge in [0, 0.05) is 31.1 Å². The second-order valence-corrected chi connectivity index (χ2v) is 6.92. The van der Waals surface area contributed by atoms with E-state index in [1.165, 1.54) is 6.07 Å². The van der Waals surface area contributed by atoms with Crippen LogP contribution in [0.5, 0.6) is 0 Å². The van der Waals surface area contributed by atoms with Gasteiger partial charge in [-0.15, -0.1) is 0 Å². The third kappa shape index (κ3) is 3.53. The van der Waals surface area contributed by atoms with Crippen LogP contribution in [0.3, 0.4) is 0 Å². The molecule has 5 nitrogen and oxygen atoms in total. The van der Waals surface area contributed by atoms with Crippen LogP contribution in [-0.4, -0.2) is 24.3 Å². The first kappa shape index (κ1) is 17.5. The number of urea groups is 1. The number of carbonyl (C=O) groups excluding carboxylic acids is 1. The lowest BCUT2D eigenvalue weighted by Crippen LogP contribution is -2.38. The number of fused-ring (bicyclic) bond motifs is 1. The predicted octanol–water partition coefficient (Wildman–Crippen LogP) is 4.24. The Labute approximate surface area is 157 Å². The van der Waals surface area contributed by atoms with Gasteiger partial charge in [0.05, 0.1) is 17.7 Å². The molecule has 2 N–H and O–H groups in total. The molecule has 0 aliphatic heterocycles. The summed E-state index contributed by atoms with van der Waals surface area (Å²) in [7, 11) is 1.67. The summed E-state index contributed by atoms with van der Waals surface area (Å²) in [6.45, 7) is 1.36. The number of aromatic nitrogens is 1. The van der Waals surface area contributed by atoms with E-state index in [9.17, 15) is 9.18 Å². The Bertz CT molecular complexity index is 978. The molecule has 0 bridgehead atoms. The highest BCUT2D eigenvalue weighted by molar-refractivity contribution is 5.93. The molecule has 6 heteroatoms. The molecule has 1 aliphatic carbocycles. The van der Waals surface area contributed by atoms with Gasteiger partial charge in [-0.25, -0.2) is 9.18 Å². The van der Waals surface area contributed by atoms with E-state index in [4.69, 9.17) is 4.74 Å². The number of nitrogens with zero attached hydrogens (tertiary/aromatic N) is 1. The largest absolute Gasteiger partial charge is 0.383 e. The molecule has 0 radical (unpaired) electrons. The van der Waals surface area contributed by atoms with Crippen LogP contribution in [0.4, 0.5) is 14.9 Å². The summed E-state index contributed by atoms with van der Waals surface area (Å²) in [5.41, 5.74) is 1.67.